The number of fused-ring (bicyclic) bond motifs is 2. The number of nitrogens with zero attached hydrogens (tertiary/aromatic N) is 3. The first-order valence-electron chi connectivity index (χ1n) is 12.4. The van der Waals surface area contributed by atoms with E-state index in [1.54, 1.807) is 22.5 Å². The summed E-state index contributed by atoms with van der Waals surface area (Å²) in [4.78, 5) is 22.6. The molecular formula is C24H35F6N3O7S. The van der Waals surface area contributed by atoms with Crippen LogP contribution in [0.4, 0.5) is 26.3 Å². The number of aliphatic carboxylic acids is 2. The van der Waals surface area contributed by atoms with Gasteiger partial charge in [0.1, 0.15) is 16.7 Å². The number of hydrogen-bond donors (Lipinski definition) is 2. The number of carbonyl (C=O) groups is 2. The Morgan fingerprint density at radius 1 is 1.00 bits per heavy atom. The molecule has 1 saturated heterocycles. The van der Waals surface area contributed by atoms with Gasteiger partial charge in [0.2, 0.25) is 10.0 Å². The van der Waals surface area contributed by atoms with Gasteiger partial charge in [0.25, 0.3) is 0 Å². The van der Waals surface area contributed by atoms with E-state index in [2.05, 4.69) is 18.7 Å². The van der Waals surface area contributed by atoms with Crippen LogP contribution in [-0.4, -0.2) is 116 Å². The number of alkyl halides is 6. The molecule has 0 amide bonds. The fourth-order valence-electron chi connectivity index (χ4n) is 4.09. The number of sulfonamides is 1. The van der Waals surface area contributed by atoms with Crippen molar-refractivity contribution in [2.45, 2.75) is 56.1 Å². The highest BCUT2D eigenvalue weighted by molar-refractivity contribution is 7.89. The molecule has 1 aromatic carbocycles. The van der Waals surface area contributed by atoms with Crippen LogP contribution in [0.3, 0.4) is 0 Å². The van der Waals surface area contributed by atoms with Gasteiger partial charge in [-0.3, -0.25) is 0 Å². The lowest BCUT2D eigenvalue weighted by atomic mass is 10.1. The minimum absolute atomic E-state index is 0.109. The Morgan fingerprint density at radius 3 is 1.95 bits per heavy atom. The number of halogens is 6. The SMILES string of the molecule is CC(C)CN1CC[C@@H]2Oc3ccccc3S(=O)(=O)N(CCN(C)C)[C@H]2CC1.O=C(O)C(F)(F)F.O=C(O)C(F)(F)F. The third-order valence-electron chi connectivity index (χ3n) is 5.86. The minimum atomic E-state index is -5.08. The second-order valence-corrected chi connectivity index (χ2v) is 11.8. The first kappa shape index (κ1) is 36.4. The van der Waals surface area contributed by atoms with Crippen molar-refractivity contribution in [2.24, 2.45) is 5.92 Å². The maximum atomic E-state index is 13.5. The molecule has 0 aromatic heterocycles. The molecule has 2 aliphatic rings. The van der Waals surface area contributed by atoms with Crippen LogP contribution in [0.15, 0.2) is 29.2 Å². The van der Waals surface area contributed by atoms with Crippen molar-refractivity contribution >= 4 is 22.0 Å². The van der Waals surface area contributed by atoms with Gasteiger partial charge in [-0.2, -0.15) is 30.6 Å². The second-order valence-electron chi connectivity index (χ2n) is 9.97. The average Bonchev–Trinajstić information content (AvgIpc) is 3.05. The van der Waals surface area contributed by atoms with Crippen molar-refractivity contribution in [1.82, 2.24) is 14.1 Å². The number of likely N-dealkylation sites (N-methyl/N-ethyl adjacent to an activating group) is 1. The molecule has 10 nitrogen and oxygen atoms in total. The van der Waals surface area contributed by atoms with Crippen molar-refractivity contribution < 1.29 is 59.3 Å². The summed E-state index contributed by atoms with van der Waals surface area (Å²) in [6.45, 7) is 8.53. The molecule has 2 aliphatic heterocycles. The molecule has 3 rings (SSSR count). The molecule has 2 heterocycles. The van der Waals surface area contributed by atoms with E-state index in [-0.39, 0.29) is 12.1 Å². The second kappa shape index (κ2) is 15.0. The predicted molar refractivity (Wildman–Crippen MR) is 135 cm³/mol. The molecular weight excluding hydrogens is 588 g/mol. The summed E-state index contributed by atoms with van der Waals surface area (Å²) >= 11 is 0. The van der Waals surface area contributed by atoms with Crippen LogP contribution in [-0.2, 0) is 19.6 Å². The van der Waals surface area contributed by atoms with Gasteiger partial charge in [-0.25, -0.2) is 18.0 Å². The average molecular weight is 624 g/mol. The standard InChI is InChI=1S/C20H33N3O3S.2C2HF3O2/c1-16(2)15-22-11-9-17-18(10-12-22)26-19-7-5-6-8-20(19)27(24,25)23(17)14-13-21(3)4;2*3-2(4,5)1(6)7/h5-8,16-18H,9-15H2,1-4H3;2*(H,6,7)/t17-,18-;;/m0../s1. The third-order valence-corrected chi connectivity index (χ3v) is 7.82. The maximum absolute atomic E-state index is 13.5. The number of ether oxygens (including phenoxy) is 1. The number of rotatable bonds is 5. The number of carboxylic acid groups (broad SMARTS) is 2. The fraction of sp³-hybridized carbons (Fsp3) is 0.667. The molecule has 0 spiro atoms. The Bertz CT molecular complexity index is 1090. The number of para-hydroxylation sites is 1. The molecule has 41 heavy (non-hydrogen) atoms. The molecule has 1 fully saturated rings. The maximum Gasteiger partial charge on any atom is 0.490 e. The van der Waals surface area contributed by atoms with Gasteiger partial charge < -0.3 is 24.7 Å². The fourth-order valence-corrected chi connectivity index (χ4v) is 5.89. The van der Waals surface area contributed by atoms with E-state index in [0.29, 0.717) is 29.7 Å². The number of carboxylic acids is 2. The van der Waals surface area contributed by atoms with Crippen molar-refractivity contribution in [3.8, 4) is 5.75 Å². The van der Waals surface area contributed by atoms with E-state index in [9.17, 15) is 34.8 Å². The molecule has 0 unspecified atom stereocenters. The number of hydrogen-bond acceptors (Lipinski definition) is 7. The van der Waals surface area contributed by atoms with Gasteiger partial charge in [0, 0.05) is 26.2 Å². The van der Waals surface area contributed by atoms with Crippen LogP contribution in [0.2, 0.25) is 0 Å². The molecule has 0 radical (unpaired) electrons. The topological polar surface area (TPSA) is 128 Å². The summed E-state index contributed by atoms with van der Waals surface area (Å²) in [5, 5.41) is 14.2. The minimum Gasteiger partial charge on any atom is -0.487 e. The summed E-state index contributed by atoms with van der Waals surface area (Å²) in [5.41, 5.74) is 0. The zero-order chi connectivity index (χ0) is 31.8. The van der Waals surface area contributed by atoms with Crippen molar-refractivity contribution in [3.63, 3.8) is 0 Å². The zero-order valence-corrected chi connectivity index (χ0v) is 23.8. The van der Waals surface area contributed by atoms with Gasteiger partial charge in [0.15, 0.2) is 0 Å². The van der Waals surface area contributed by atoms with Crippen LogP contribution in [0.1, 0.15) is 26.7 Å². The van der Waals surface area contributed by atoms with E-state index in [0.717, 1.165) is 32.5 Å². The van der Waals surface area contributed by atoms with E-state index in [1.807, 2.05) is 25.1 Å². The van der Waals surface area contributed by atoms with Gasteiger partial charge in [0.05, 0.1) is 6.04 Å². The van der Waals surface area contributed by atoms with E-state index in [4.69, 9.17) is 24.5 Å². The van der Waals surface area contributed by atoms with Crippen LogP contribution in [0.5, 0.6) is 5.75 Å². The Balaban J connectivity index is 0.000000497. The highest BCUT2D eigenvalue weighted by atomic mass is 32.2. The Hall–Kier alpha value is -2.63. The first-order valence-corrected chi connectivity index (χ1v) is 13.9. The Labute approximate surface area is 234 Å². The van der Waals surface area contributed by atoms with Crippen LogP contribution in [0.25, 0.3) is 0 Å². The molecule has 17 heteroatoms. The van der Waals surface area contributed by atoms with E-state index < -0.39 is 34.3 Å². The normalized spacial score (nSPS) is 21.1. The molecule has 0 bridgehead atoms. The highest BCUT2D eigenvalue weighted by Crippen LogP contribution is 2.36. The molecule has 1 aromatic rings. The molecule has 0 saturated carbocycles. The summed E-state index contributed by atoms with van der Waals surface area (Å²) < 4.78 is 98.4. The van der Waals surface area contributed by atoms with Crippen molar-refractivity contribution in [1.29, 1.82) is 0 Å². The van der Waals surface area contributed by atoms with Gasteiger partial charge in [-0.15, -0.1) is 0 Å². The monoisotopic (exact) mass is 623 g/mol. The number of benzene rings is 1. The molecule has 0 aliphatic carbocycles. The summed E-state index contributed by atoms with van der Waals surface area (Å²) in [6, 6.07) is 6.95. The first-order chi connectivity index (χ1) is 18.7. The Morgan fingerprint density at radius 2 is 1.49 bits per heavy atom. The third kappa shape index (κ3) is 11.6. The lowest BCUT2D eigenvalue weighted by molar-refractivity contribution is -0.193. The summed E-state index contributed by atoms with van der Waals surface area (Å²) in [5.74, 6) is -4.42. The predicted octanol–water partition coefficient (Wildman–Crippen LogP) is 3.39. The molecule has 2 atom stereocenters. The quantitative estimate of drug-likeness (QED) is 0.475. The zero-order valence-electron chi connectivity index (χ0n) is 22.9. The smallest absolute Gasteiger partial charge is 0.487 e. The van der Waals surface area contributed by atoms with E-state index in [1.165, 1.54) is 0 Å². The number of likely N-dealkylation sites (tertiary alicyclic amines) is 1. The van der Waals surface area contributed by atoms with Crippen molar-refractivity contribution in [3.05, 3.63) is 24.3 Å². The lowest BCUT2D eigenvalue weighted by Gasteiger charge is -2.32. The summed E-state index contributed by atoms with van der Waals surface area (Å²) in [6.07, 6.45) is -8.62. The van der Waals surface area contributed by atoms with Crippen LogP contribution < -0.4 is 4.74 Å². The van der Waals surface area contributed by atoms with Crippen LogP contribution >= 0.6 is 0 Å². The van der Waals surface area contributed by atoms with Gasteiger partial charge in [-0.05, 0) is 51.5 Å². The lowest BCUT2D eigenvalue weighted by Crippen LogP contribution is -2.49. The molecule has 236 valence electrons. The summed E-state index contributed by atoms with van der Waals surface area (Å²) in [7, 11) is 0.373. The van der Waals surface area contributed by atoms with Crippen molar-refractivity contribution in [2.75, 3.05) is 46.8 Å². The van der Waals surface area contributed by atoms with Gasteiger partial charge in [-0.1, -0.05) is 26.0 Å². The largest absolute Gasteiger partial charge is 0.490 e. The van der Waals surface area contributed by atoms with Gasteiger partial charge >= 0.3 is 24.3 Å². The Kier molecular flexibility index (Phi) is 13.3. The highest BCUT2D eigenvalue weighted by Gasteiger charge is 2.43. The van der Waals surface area contributed by atoms with E-state index >= 15 is 0 Å². The molecule has 2 N–H and O–H groups in total. The van der Waals surface area contributed by atoms with Crippen LogP contribution in [0, 0.1) is 5.92 Å².